The Labute approximate surface area is 201 Å². The second-order valence-corrected chi connectivity index (χ2v) is 9.10. The second-order valence-electron chi connectivity index (χ2n) is 9.10. The van der Waals surface area contributed by atoms with Gasteiger partial charge >= 0.3 is 6.18 Å². The van der Waals surface area contributed by atoms with Crippen molar-refractivity contribution in [2.45, 2.75) is 51.8 Å². The van der Waals surface area contributed by atoms with Crippen LogP contribution < -0.4 is 15.4 Å². The summed E-state index contributed by atoms with van der Waals surface area (Å²) >= 11 is 0. The second kappa shape index (κ2) is 11.0. The highest BCUT2D eigenvalue weighted by atomic mass is 19.4. The normalized spacial score (nSPS) is 20.9. The van der Waals surface area contributed by atoms with E-state index >= 15 is 0 Å². The zero-order valence-corrected chi connectivity index (χ0v) is 19.6. The molecule has 1 aliphatic rings. The van der Waals surface area contributed by atoms with Crippen LogP contribution in [0.2, 0.25) is 0 Å². The average Bonchev–Trinajstić information content (AvgIpc) is 3.12. The van der Waals surface area contributed by atoms with Crippen molar-refractivity contribution in [1.29, 1.82) is 0 Å². The van der Waals surface area contributed by atoms with Crippen molar-refractivity contribution in [3.05, 3.63) is 48.6 Å². The van der Waals surface area contributed by atoms with Crippen molar-refractivity contribution in [2.24, 2.45) is 17.8 Å². The van der Waals surface area contributed by atoms with Gasteiger partial charge in [-0.2, -0.15) is 13.2 Å². The molecule has 2 amide bonds. The molecule has 1 aromatic carbocycles. The monoisotopic (exact) mass is 495 g/mol. The van der Waals surface area contributed by atoms with Gasteiger partial charge in [-0.15, -0.1) is 0 Å². The number of aromatic nitrogens is 1. The molecule has 4 unspecified atom stereocenters. The van der Waals surface area contributed by atoms with Crippen LogP contribution in [-0.4, -0.2) is 35.6 Å². The van der Waals surface area contributed by atoms with E-state index in [1.165, 1.54) is 12.1 Å². The molecule has 1 fully saturated rings. The average molecular weight is 496 g/mol. The molecule has 1 aromatic heterocycles. The molecule has 190 valence electrons. The van der Waals surface area contributed by atoms with Crippen LogP contribution in [0.1, 0.15) is 39.5 Å². The Bertz CT molecular complexity index is 1090. The number of carbonyl (C=O) groups is 2. The number of fused-ring (bicyclic) bond motifs is 1. The van der Waals surface area contributed by atoms with E-state index in [1.807, 2.05) is 13.8 Å². The van der Waals surface area contributed by atoms with Crippen LogP contribution in [0.3, 0.4) is 0 Å². The molecule has 10 heteroatoms. The van der Waals surface area contributed by atoms with Gasteiger partial charge in [0.2, 0.25) is 11.8 Å². The standard InChI is InChI=1S/C25H29F4N3O3/c1-14-10-18(35-22-7-9-30-21-5-4-17(26)11-20(21)22)12-19(14)16(3)24(34)32-15(2)6-8-31-23(33)13-25(27,28)29/h4-5,7,9,11,14,16,18-19H,2,6,8,10,12-13H2,1,3H3,(H,31,33)(H,32,34). The van der Waals surface area contributed by atoms with Crippen molar-refractivity contribution in [2.75, 3.05) is 6.54 Å². The highest BCUT2D eigenvalue weighted by molar-refractivity contribution is 5.84. The predicted octanol–water partition coefficient (Wildman–Crippen LogP) is 4.89. The first-order chi connectivity index (χ1) is 16.4. The quantitative estimate of drug-likeness (QED) is 0.486. The lowest BCUT2D eigenvalue weighted by Gasteiger charge is -2.23. The first kappa shape index (κ1) is 26.4. The van der Waals surface area contributed by atoms with Crippen molar-refractivity contribution in [3.63, 3.8) is 0 Å². The van der Waals surface area contributed by atoms with E-state index in [-0.39, 0.29) is 48.5 Å². The number of nitrogens with one attached hydrogen (secondary N) is 2. The Morgan fingerprint density at radius 2 is 2.00 bits per heavy atom. The number of alkyl halides is 3. The van der Waals surface area contributed by atoms with Gasteiger partial charge in [-0.1, -0.05) is 20.4 Å². The van der Waals surface area contributed by atoms with Crippen LogP contribution in [-0.2, 0) is 9.59 Å². The fraction of sp³-hybridized carbons (Fsp3) is 0.480. The Morgan fingerprint density at radius 1 is 1.26 bits per heavy atom. The highest BCUT2D eigenvalue weighted by Crippen LogP contribution is 2.40. The van der Waals surface area contributed by atoms with E-state index in [4.69, 9.17) is 4.74 Å². The van der Waals surface area contributed by atoms with Crippen molar-refractivity contribution < 1.29 is 31.9 Å². The Balaban J connectivity index is 1.50. The maximum absolute atomic E-state index is 13.7. The number of hydrogen-bond acceptors (Lipinski definition) is 4. The number of nitrogens with zero attached hydrogens (tertiary/aromatic N) is 1. The van der Waals surface area contributed by atoms with Gasteiger partial charge in [-0.05, 0) is 48.9 Å². The third-order valence-corrected chi connectivity index (χ3v) is 6.32. The first-order valence-electron chi connectivity index (χ1n) is 11.5. The fourth-order valence-electron chi connectivity index (χ4n) is 4.53. The molecule has 1 heterocycles. The zero-order valence-electron chi connectivity index (χ0n) is 19.6. The highest BCUT2D eigenvalue weighted by Gasteiger charge is 2.38. The van der Waals surface area contributed by atoms with Crippen LogP contribution in [0, 0.1) is 23.6 Å². The van der Waals surface area contributed by atoms with Gasteiger partial charge in [0.15, 0.2) is 0 Å². The predicted molar refractivity (Wildman–Crippen MR) is 123 cm³/mol. The van der Waals surface area contributed by atoms with Crippen LogP contribution in [0.15, 0.2) is 42.7 Å². The fourth-order valence-corrected chi connectivity index (χ4v) is 4.53. The summed E-state index contributed by atoms with van der Waals surface area (Å²) in [6.45, 7) is 7.54. The molecule has 4 atom stereocenters. The third-order valence-electron chi connectivity index (χ3n) is 6.32. The van der Waals surface area contributed by atoms with Gasteiger partial charge < -0.3 is 15.4 Å². The van der Waals surface area contributed by atoms with E-state index in [1.54, 1.807) is 18.3 Å². The minimum atomic E-state index is -4.56. The molecule has 0 aliphatic heterocycles. The van der Waals surface area contributed by atoms with Gasteiger partial charge in [0.05, 0.1) is 11.6 Å². The molecule has 0 saturated heterocycles. The molecule has 2 N–H and O–H groups in total. The number of ether oxygens (including phenoxy) is 1. The summed E-state index contributed by atoms with van der Waals surface area (Å²) in [5.41, 5.74) is 0.949. The molecule has 35 heavy (non-hydrogen) atoms. The van der Waals surface area contributed by atoms with Crippen molar-refractivity contribution in [1.82, 2.24) is 15.6 Å². The van der Waals surface area contributed by atoms with E-state index in [0.717, 1.165) is 6.42 Å². The SMILES string of the molecule is C=C(CCNC(=O)CC(F)(F)F)NC(=O)C(C)C1CC(Oc2ccnc3ccc(F)cc23)CC1C. The Hall–Kier alpha value is -3.17. The number of benzene rings is 1. The van der Waals surface area contributed by atoms with Crippen LogP contribution in [0.25, 0.3) is 10.9 Å². The zero-order chi connectivity index (χ0) is 25.8. The van der Waals surface area contributed by atoms with Gasteiger partial charge in [0.1, 0.15) is 18.0 Å². The molecule has 0 spiro atoms. The summed E-state index contributed by atoms with van der Waals surface area (Å²) < 4.78 is 56.5. The number of amides is 2. The maximum Gasteiger partial charge on any atom is 0.397 e. The van der Waals surface area contributed by atoms with Crippen molar-refractivity contribution >= 4 is 22.7 Å². The summed E-state index contributed by atoms with van der Waals surface area (Å²) in [6.07, 6.45) is -3.16. The van der Waals surface area contributed by atoms with Gasteiger partial charge in [0.25, 0.3) is 0 Å². The molecule has 2 aromatic rings. The molecular weight excluding hydrogens is 466 g/mol. The number of carbonyl (C=O) groups excluding carboxylic acids is 2. The summed E-state index contributed by atoms with van der Waals surface area (Å²) in [6, 6.07) is 6.03. The molecule has 0 radical (unpaired) electrons. The summed E-state index contributed by atoms with van der Waals surface area (Å²) in [7, 11) is 0. The summed E-state index contributed by atoms with van der Waals surface area (Å²) in [5, 5.41) is 5.45. The minimum Gasteiger partial charge on any atom is -0.490 e. The lowest BCUT2D eigenvalue weighted by atomic mass is 9.85. The maximum atomic E-state index is 13.7. The Morgan fingerprint density at radius 3 is 2.71 bits per heavy atom. The van der Waals surface area contributed by atoms with Crippen LogP contribution >= 0.6 is 0 Å². The van der Waals surface area contributed by atoms with E-state index < -0.39 is 18.5 Å². The van der Waals surface area contributed by atoms with Gasteiger partial charge in [-0.3, -0.25) is 14.6 Å². The van der Waals surface area contributed by atoms with E-state index in [0.29, 0.717) is 28.8 Å². The molecule has 1 aliphatic carbocycles. The van der Waals surface area contributed by atoms with Crippen LogP contribution in [0.4, 0.5) is 17.6 Å². The lowest BCUT2D eigenvalue weighted by Crippen LogP contribution is -2.35. The van der Waals surface area contributed by atoms with Crippen molar-refractivity contribution in [3.8, 4) is 5.75 Å². The third kappa shape index (κ3) is 7.40. The summed E-state index contributed by atoms with van der Waals surface area (Å²) in [5.74, 6) is -1.33. The van der Waals surface area contributed by atoms with Gasteiger partial charge in [-0.25, -0.2) is 4.39 Å². The smallest absolute Gasteiger partial charge is 0.397 e. The molecule has 0 bridgehead atoms. The summed E-state index contributed by atoms with van der Waals surface area (Å²) in [4.78, 5) is 28.2. The first-order valence-corrected chi connectivity index (χ1v) is 11.5. The molecule has 1 saturated carbocycles. The molecule has 3 rings (SSSR count). The van der Waals surface area contributed by atoms with Crippen LogP contribution in [0.5, 0.6) is 5.75 Å². The lowest BCUT2D eigenvalue weighted by molar-refractivity contribution is -0.153. The topological polar surface area (TPSA) is 80.3 Å². The largest absolute Gasteiger partial charge is 0.490 e. The van der Waals surface area contributed by atoms with Gasteiger partial charge in [0, 0.05) is 36.2 Å². The van der Waals surface area contributed by atoms with E-state index in [9.17, 15) is 27.2 Å². The molecule has 6 nitrogen and oxygen atoms in total. The molecular formula is C25H29F4N3O3. The van der Waals surface area contributed by atoms with E-state index in [2.05, 4.69) is 22.2 Å². The number of halogens is 4. The minimum absolute atomic E-state index is 0.0316. The number of pyridine rings is 1. The number of hydrogen-bond donors (Lipinski definition) is 2. The Kier molecular flexibility index (Phi) is 8.34. The number of rotatable bonds is 9.